The van der Waals surface area contributed by atoms with Gasteiger partial charge >= 0.3 is 0 Å². The van der Waals surface area contributed by atoms with Crippen LogP contribution in [0.25, 0.3) is 0 Å². The van der Waals surface area contributed by atoms with Crippen LogP contribution >= 0.6 is 12.4 Å². The van der Waals surface area contributed by atoms with E-state index in [1.165, 1.54) is 12.8 Å². The Labute approximate surface area is 116 Å². The molecule has 0 aromatic rings. The van der Waals surface area contributed by atoms with Crippen molar-refractivity contribution in [2.24, 2.45) is 5.92 Å². The lowest BCUT2D eigenvalue weighted by atomic mass is 9.93. The summed E-state index contributed by atoms with van der Waals surface area (Å²) in [5, 5.41) is 15.0. The van der Waals surface area contributed by atoms with Crippen molar-refractivity contribution in [2.45, 2.75) is 51.5 Å². The van der Waals surface area contributed by atoms with E-state index in [0.717, 1.165) is 38.3 Å². The molecule has 0 aliphatic carbocycles. The highest BCUT2D eigenvalue weighted by Gasteiger charge is 2.15. The zero-order valence-corrected chi connectivity index (χ0v) is 12.1. The fourth-order valence-electron chi connectivity index (χ4n) is 2.32. The molecule has 108 valence electrons. The number of piperidine rings is 1. The minimum absolute atomic E-state index is 0. The number of aliphatic hydroxyl groups excluding tert-OH is 1. The van der Waals surface area contributed by atoms with Gasteiger partial charge in [0.05, 0.1) is 0 Å². The second-order valence-electron chi connectivity index (χ2n) is 5.07. The first-order valence-electron chi connectivity index (χ1n) is 6.83. The van der Waals surface area contributed by atoms with Crippen LogP contribution < -0.4 is 10.6 Å². The van der Waals surface area contributed by atoms with Crippen LogP contribution in [0, 0.1) is 5.92 Å². The summed E-state index contributed by atoms with van der Waals surface area (Å²) < 4.78 is 0. The number of nitrogens with one attached hydrogen (secondary N) is 2. The Balaban J connectivity index is 0.00000289. The van der Waals surface area contributed by atoms with E-state index < -0.39 is 0 Å². The van der Waals surface area contributed by atoms with Gasteiger partial charge in [-0.05, 0) is 58.0 Å². The molecule has 1 amide bonds. The van der Waals surface area contributed by atoms with E-state index in [9.17, 15) is 4.79 Å². The van der Waals surface area contributed by atoms with Crippen molar-refractivity contribution in [3.05, 3.63) is 0 Å². The van der Waals surface area contributed by atoms with Gasteiger partial charge in [-0.25, -0.2) is 0 Å². The van der Waals surface area contributed by atoms with Gasteiger partial charge in [0, 0.05) is 19.1 Å². The number of carbonyl (C=O) groups is 1. The summed E-state index contributed by atoms with van der Waals surface area (Å²) in [5.74, 6) is 0.878. The highest BCUT2D eigenvalue weighted by atomic mass is 35.5. The third-order valence-electron chi connectivity index (χ3n) is 3.44. The molecule has 1 aliphatic rings. The summed E-state index contributed by atoms with van der Waals surface area (Å²) >= 11 is 0. The molecule has 0 spiro atoms. The second kappa shape index (κ2) is 10.6. The first-order valence-corrected chi connectivity index (χ1v) is 6.83. The summed E-state index contributed by atoms with van der Waals surface area (Å²) in [5.41, 5.74) is 0. The minimum Gasteiger partial charge on any atom is -0.396 e. The van der Waals surface area contributed by atoms with Gasteiger partial charge in [0.25, 0.3) is 0 Å². The molecule has 5 heteroatoms. The van der Waals surface area contributed by atoms with Gasteiger partial charge in [-0.1, -0.05) is 0 Å². The smallest absolute Gasteiger partial charge is 0.220 e. The molecule has 0 aromatic carbocycles. The summed E-state index contributed by atoms with van der Waals surface area (Å²) in [6.45, 7) is 4.39. The first kappa shape index (κ1) is 17.7. The van der Waals surface area contributed by atoms with E-state index in [-0.39, 0.29) is 31.0 Å². The molecule has 4 nitrogen and oxygen atoms in total. The summed E-state index contributed by atoms with van der Waals surface area (Å²) in [6.07, 6.45) is 5.68. The molecule has 1 saturated heterocycles. The van der Waals surface area contributed by atoms with Gasteiger partial charge in [-0.2, -0.15) is 0 Å². The standard InChI is InChI=1S/C13H26N2O2.ClH/c1-11(3-2-10-16)15-13(17)5-4-12-6-8-14-9-7-12;/h11-12,14,16H,2-10H2,1H3,(H,15,17);1H. The van der Waals surface area contributed by atoms with Gasteiger partial charge in [-0.15, -0.1) is 12.4 Å². The normalized spacial score (nSPS) is 17.9. The minimum atomic E-state index is 0. The van der Waals surface area contributed by atoms with Crippen LogP contribution in [-0.4, -0.2) is 36.8 Å². The van der Waals surface area contributed by atoms with Crippen molar-refractivity contribution in [1.29, 1.82) is 0 Å². The molecule has 1 aliphatic heterocycles. The van der Waals surface area contributed by atoms with Crippen LogP contribution in [0.4, 0.5) is 0 Å². The average molecular weight is 279 g/mol. The summed E-state index contributed by atoms with van der Waals surface area (Å²) in [6, 6.07) is 0.183. The largest absolute Gasteiger partial charge is 0.396 e. The topological polar surface area (TPSA) is 61.4 Å². The van der Waals surface area contributed by atoms with E-state index in [4.69, 9.17) is 5.11 Å². The van der Waals surface area contributed by atoms with Crippen LogP contribution in [-0.2, 0) is 4.79 Å². The van der Waals surface area contributed by atoms with Gasteiger partial charge < -0.3 is 15.7 Å². The Morgan fingerprint density at radius 3 is 2.72 bits per heavy atom. The van der Waals surface area contributed by atoms with Crippen molar-refractivity contribution in [2.75, 3.05) is 19.7 Å². The van der Waals surface area contributed by atoms with E-state index in [1.54, 1.807) is 0 Å². The molecule has 1 heterocycles. The lowest BCUT2D eigenvalue weighted by Gasteiger charge is -2.22. The van der Waals surface area contributed by atoms with Crippen molar-refractivity contribution in [3.8, 4) is 0 Å². The fraction of sp³-hybridized carbons (Fsp3) is 0.923. The number of halogens is 1. The average Bonchev–Trinajstić information content (AvgIpc) is 2.35. The Bertz CT molecular complexity index is 221. The Hall–Kier alpha value is -0.320. The molecule has 0 saturated carbocycles. The summed E-state index contributed by atoms with van der Waals surface area (Å²) in [4.78, 5) is 11.7. The molecular weight excluding hydrogens is 252 g/mol. The number of hydrogen-bond donors (Lipinski definition) is 3. The zero-order chi connectivity index (χ0) is 12.5. The monoisotopic (exact) mass is 278 g/mol. The maximum Gasteiger partial charge on any atom is 0.220 e. The van der Waals surface area contributed by atoms with Gasteiger partial charge in [0.1, 0.15) is 0 Å². The highest BCUT2D eigenvalue weighted by Crippen LogP contribution is 2.17. The highest BCUT2D eigenvalue weighted by molar-refractivity contribution is 5.85. The number of carbonyl (C=O) groups excluding carboxylic acids is 1. The van der Waals surface area contributed by atoms with Crippen molar-refractivity contribution < 1.29 is 9.90 Å². The molecule has 1 atom stereocenters. The number of rotatable bonds is 7. The Morgan fingerprint density at radius 2 is 2.11 bits per heavy atom. The van der Waals surface area contributed by atoms with Crippen LogP contribution in [0.5, 0.6) is 0 Å². The molecule has 18 heavy (non-hydrogen) atoms. The second-order valence-corrected chi connectivity index (χ2v) is 5.07. The third kappa shape index (κ3) is 7.90. The molecule has 3 N–H and O–H groups in total. The Morgan fingerprint density at radius 1 is 1.44 bits per heavy atom. The maximum absolute atomic E-state index is 11.7. The van der Waals surface area contributed by atoms with Crippen molar-refractivity contribution in [3.63, 3.8) is 0 Å². The quantitative estimate of drug-likeness (QED) is 0.661. The number of aliphatic hydroxyl groups is 1. The van der Waals surface area contributed by atoms with Crippen LogP contribution in [0.15, 0.2) is 0 Å². The predicted octanol–water partition coefficient (Wildman–Crippen LogP) is 1.47. The van der Waals surface area contributed by atoms with E-state index >= 15 is 0 Å². The van der Waals surface area contributed by atoms with E-state index in [0.29, 0.717) is 6.42 Å². The lowest BCUT2D eigenvalue weighted by Crippen LogP contribution is -2.33. The van der Waals surface area contributed by atoms with Crippen molar-refractivity contribution >= 4 is 18.3 Å². The van der Waals surface area contributed by atoms with E-state index in [1.807, 2.05) is 6.92 Å². The van der Waals surface area contributed by atoms with Crippen LogP contribution in [0.2, 0.25) is 0 Å². The van der Waals surface area contributed by atoms with Gasteiger partial charge in [0.2, 0.25) is 5.91 Å². The zero-order valence-electron chi connectivity index (χ0n) is 11.3. The number of hydrogen-bond acceptors (Lipinski definition) is 3. The number of amides is 1. The first-order chi connectivity index (χ1) is 8.22. The predicted molar refractivity (Wildman–Crippen MR) is 76.0 cm³/mol. The molecule has 0 aromatic heterocycles. The van der Waals surface area contributed by atoms with Crippen LogP contribution in [0.3, 0.4) is 0 Å². The molecule has 0 bridgehead atoms. The fourth-order valence-corrected chi connectivity index (χ4v) is 2.32. The SMILES string of the molecule is CC(CCCO)NC(=O)CCC1CCNCC1.Cl. The molecular formula is C13H27ClN2O2. The maximum atomic E-state index is 11.7. The van der Waals surface area contributed by atoms with E-state index in [2.05, 4.69) is 10.6 Å². The summed E-state index contributed by atoms with van der Waals surface area (Å²) in [7, 11) is 0. The van der Waals surface area contributed by atoms with Crippen LogP contribution in [0.1, 0.15) is 45.4 Å². The molecule has 1 rings (SSSR count). The van der Waals surface area contributed by atoms with Gasteiger partial charge in [-0.3, -0.25) is 4.79 Å². The Kier molecular flexibility index (Phi) is 10.4. The lowest BCUT2D eigenvalue weighted by molar-refractivity contribution is -0.122. The molecule has 1 fully saturated rings. The third-order valence-corrected chi connectivity index (χ3v) is 3.44. The molecule has 0 radical (unpaired) electrons. The van der Waals surface area contributed by atoms with Crippen molar-refractivity contribution in [1.82, 2.24) is 10.6 Å². The molecule has 1 unspecified atom stereocenters. The van der Waals surface area contributed by atoms with Gasteiger partial charge in [0.15, 0.2) is 0 Å².